The van der Waals surface area contributed by atoms with Crippen molar-refractivity contribution in [2.75, 3.05) is 12.8 Å². The van der Waals surface area contributed by atoms with Gasteiger partial charge in [-0.1, -0.05) is 20.8 Å². The third-order valence-corrected chi connectivity index (χ3v) is 2.65. The minimum absolute atomic E-state index is 0.0186. The van der Waals surface area contributed by atoms with Crippen LogP contribution in [-0.2, 0) is 10.2 Å². The topological polar surface area (TPSA) is 89.6 Å². The van der Waals surface area contributed by atoms with Crippen molar-refractivity contribution in [3.8, 4) is 0 Å². The lowest BCUT2D eigenvalue weighted by atomic mass is 9.84. The molecule has 0 aliphatic heterocycles. The molecule has 0 aliphatic rings. The van der Waals surface area contributed by atoms with Crippen LogP contribution in [0.3, 0.4) is 0 Å². The summed E-state index contributed by atoms with van der Waals surface area (Å²) in [4.78, 5) is 22.8. The van der Waals surface area contributed by atoms with E-state index in [0.29, 0.717) is 0 Å². The van der Waals surface area contributed by atoms with Crippen LogP contribution in [-0.4, -0.2) is 24.2 Å². The molecular formula is C13H17NO4. The van der Waals surface area contributed by atoms with E-state index >= 15 is 0 Å². The number of rotatable bonds is 2. The van der Waals surface area contributed by atoms with Gasteiger partial charge in [-0.3, -0.25) is 0 Å². The van der Waals surface area contributed by atoms with Gasteiger partial charge >= 0.3 is 11.9 Å². The Hall–Kier alpha value is -2.04. The molecule has 5 nitrogen and oxygen atoms in total. The predicted molar refractivity (Wildman–Crippen MR) is 67.9 cm³/mol. The van der Waals surface area contributed by atoms with Gasteiger partial charge in [0.25, 0.3) is 0 Å². The largest absolute Gasteiger partial charge is 0.478 e. The van der Waals surface area contributed by atoms with Crippen molar-refractivity contribution in [2.24, 2.45) is 0 Å². The summed E-state index contributed by atoms with van der Waals surface area (Å²) in [6.45, 7) is 5.84. The summed E-state index contributed by atoms with van der Waals surface area (Å²) in [5.41, 5.74) is 6.10. The van der Waals surface area contributed by atoms with Crippen molar-refractivity contribution in [1.29, 1.82) is 0 Å². The molecule has 0 amide bonds. The van der Waals surface area contributed by atoms with Gasteiger partial charge in [-0.15, -0.1) is 0 Å². The molecule has 0 spiro atoms. The molecule has 1 aromatic rings. The van der Waals surface area contributed by atoms with Crippen LogP contribution in [0.2, 0.25) is 0 Å². The fourth-order valence-electron chi connectivity index (χ4n) is 1.61. The Morgan fingerprint density at radius 1 is 1.28 bits per heavy atom. The summed E-state index contributed by atoms with van der Waals surface area (Å²) >= 11 is 0. The number of nitrogen functional groups attached to an aromatic ring is 1. The molecule has 5 heteroatoms. The monoisotopic (exact) mass is 251 g/mol. The maximum absolute atomic E-state index is 11.6. The summed E-state index contributed by atoms with van der Waals surface area (Å²) in [6.07, 6.45) is 0. The highest BCUT2D eigenvalue weighted by atomic mass is 16.5. The second kappa shape index (κ2) is 4.68. The zero-order valence-corrected chi connectivity index (χ0v) is 10.9. The number of carboxylic acid groups (broad SMARTS) is 1. The molecule has 0 atom stereocenters. The van der Waals surface area contributed by atoms with E-state index in [9.17, 15) is 9.59 Å². The van der Waals surface area contributed by atoms with Crippen LogP contribution in [0.5, 0.6) is 0 Å². The summed E-state index contributed by atoms with van der Waals surface area (Å²) < 4.78 is 4.59. The maximum atomic E-state index is 11.6. The minimum atomic E-state index is -1.24. The van der Waals surface area contributed by atoms with E-state index in [2.05, 4.69) is 4.74 Å². The van der Waals surface area contributed by atoms with Crippen molar-refractivity contribution >= 4 is 17.6 Å². The molecule has 0 saturated heterocycles. The number of methoxy groups -OCH3 is 1. The number of ether oxygens (including phenoxy) is 1. The summed E-state index contributed by atoms with van der Waals surface area (Å²) in [5.74, 6) is -1.95. The second-order valence-corrected chi connectivity index (χ2v) is 5.03. The van der Waals surface area contributed by atoms with Gasteiger partial charge in [-0.05, 0) is 23.1 Å². The SMILES string of the molecule is COC(=O)c1cc(C(C)(C)C)cc(N)c1C(=O)O. The molecule has 0 unspecified atom stereocenters. The fourth-order valence-corrected chi connectivity index (χ4v) is 1.61. The third-order valence-electron chi connectivity index (χ3n) is 2.65. The van der Waals surface area contributed by atoms with Gasteiger partial charge in [-0.2, -0.15) is 0 Å². The average Bonchev–Trinajstić information content (AvgIpc) is 2.25. The van der Waals surface area contributed by atoms with Crippen molar-refractivity contribution in [3.05, 3.63) is 28.8 Å². The number of hydrogen-bond donors (Lipinski definition) is 2. The maximum Gasteiger partial charge on any atom is 0.338 e. The van der Waals surface area contributed by atoms with Crippen LogP contribution >= 0.6 is 0 Å². The number of carbonyl (C=O) groups excluding carboxylic acids is 1. The number of benzene rings is 1. The highest BCUT2D eigenvalue weighted by Crippen LogP contribution is 2.29. The van der Waals surface area contributed by atoms with E-state index in [0.717, 1.165) is 5.56 Å². The first kappa shape index (κ1) is 14.0. The molecule has 0 aliphatic carbocycles. The molecule has 18 heavy (non-hydrogen) atoms. The Morgan fingerprint density at radius 2 is 1.83 bits per heavy atom. The Balaban J connectivity index is 3.57. The molecule has 0 saturated carbocycles. The van der Waals surface area contributed by atoms with Crippen LogP contribution in [0.4, 0.5) is 5.69 Å². The second-order valence-electron chi connectivity index (χ2n) is 5.03. The Kier molecular flexibility index (Phi) is 3.65. The third kappa shape index (κ3) is 2.61. The highest BCUT2D eigenvalue weighted by Gasteiger charge is 2.24. The van der Waals surface area contributed by atoms with E-state index in [1.807, 2.05) is 20.8 Å². The smallest absolute Gasteiger partial charge is 0.338 e. The van der Waals surface area contributed by atoms with E-state index in [4.69, 9.17) is 10.8 Å². The number of esters is 1. The first-order valence-corrected chi connectivity index (χ1v) is 5.44. The molecule has 1 rings (SSSR count). The fraction of sp³-hybridized carbons (Fsp3) is 0.385. The number of anilines is 1. The van der Waals surface area contributed by atoms with Crippen molar-refractivity contribution in [3.63, 3.8) is 0 Å². The average molecular weight is 251 g/mol. The quantitative estimate of drug-likeness (QED) is 0.620. The summed E-state index contributed by atoms with van der Waals surface area (Å²) in [7, 11) is 1.20. The zero-order valence-electron chi connectivity index (χ0n) is 10.9. The molecule has 0 bridgehead atoms. The normalized spacial score (nSPS) is 11.1. The van der Waals surface area contributed by atoms with E-state index in [1.54, 1.807) is 6.07 Å². The number of carbonyl (C=O) groups is 2. The lowest BCUT2D eigenvalue weighted by Crippen LogP contribution is -2.18. The molecule has 0 aromatic heterocycles. The van der Waals surface area contributed by atoms with Crippen molar-refractivity contribution < 1.29 is 19.4 Å². The number of aromatic carboxylic acids is 1. The molecule has 0 radical (unpaired) electrons. The number of nitrogens with two attached hydrogens (primary N) is 1. The molecule has 0 heterocycles. The first-order chi connectivity index (χ1) is 8.18. The van der Waals surface area contributed by atoms with E-state index in [-0.39, 0.29) is 22.2 Å². The van der Waals surface area contributed by atoms with Gasteiger partial charge in [0.1, 0.15) is 0 Å². The number of carboxylic acids is 1. The van der Waals surface area contributed by atoms with Gasteiger partial charge in [0.15, 0.2) is 0 Å². The van der Waals surface area contributed by atoms with Crippen LogP contribution in [0.1, 0.15) is 47.1 Å². The molecule has 3 N–H and O–H groups in total. The standard InChI is InChI=1S/C13H17NO4/c1-13(2,3)7-5-8(12(17)18-4)10(11(15)16)9(14)6-7/h5-6H,14H2,1-4H3,(H,15,16). The first-order valence-electron chi connectivity index (χ1n) is 5.44. The predicted octanol–water partition coefficient (Wildman–Crippen LogP) is 2.05. The van der Waals surface area contributed by atoms with Gasteiger partial charge in [0.2, 0.25) is 0 Å². The Bertz CT molecular complexity index is 500. The van der Waals surface area contributed by atoms with E-state index < -0.39 is 11.9 Å². The Labute approximate surface area is 106 Å². The van der Waals surface area contributed by atoms with Crippen LogP contribution in [0.25, 0.3) is 0 Å². The highest BCUT2D eigenvalue weighted by molar-refractivity contribution is 6.06. The van der Waals surface area contributed by atoms with E-state index in [1.165, 1.54) is 13.2 Å². The van der Waals surface area contributed by atoms with Gasteiger partial charge in [-0.25, -0.2) is 9.59 Å². The minimum Gasteiger partial charge on any atom is -0.478 e. The summed E-state index contributed by atoms with van der Waals surface area (Å²) in [5, 5.41) is 9.10. The van der Waals surface area contributed by atoms with Gasteiger partial charge in [0.05, 0.1) is 18.2 Å². The lowest BCUT2D eigenvalue weighted by molar-refractivity contribution is 0.0583. The van der Waals surface area contributed by atoms with Gasteiger partial charge in [0, 0.05) is 5.69 Å². The zero-order chi connectivity index (χ0) is 14.1. The molecule has 0 fully saturated rings. The number of hydrogen-bond acceptors (Lipinski definition) is 4. The van der Waals surface area contributed by atoms with Crippen LogP contribution in [0, 0.1) is 0 Å². The van der Waals surface area contributed by atoms with Crippen molar-refractivity contribution in [1.82, 2.24) is 0 Å². The summed E-state index contributed by atoms with van der Waals surface area (Å²) in [6, 6.07) is 3.10. The molecular weight excluding hydrogens is 234 g/mol. The molecule has 1 aromatic carbocycles. The Morgan fingerprint density at radius 3 is 2.22 bits per heavy atom. The van der Waals surface area contributed by atoms with Crippen molar-refractivity contribution in [2.45, 2.75) is 26.2 Å². The molecule has 98 valence electrons. The van der Waals surface area contributed by atoms with Crippen LogP contribution in [0.15, 0.2) is 12.1 Å². The van der Waals surface area contributed by atoms with Crippen LogP contribution < -0.4 is 5.73 Å². The lowest BCUT2D eigenvalue weighted by Gasteiger charge is -2.21. The van der Waals surface area contributed by atoms with Gasteiger partial charge < -0.3 is 15.6 Å².